The molecule has 6 nitrogen and oxygen atoms in total. The average molecular weight is 373 g/mol. The monoisotopic (exact) mass is 372 g/mol. The van der Waals surface area contributed by atoms with Gasteiger partial charge in [0.15, 0.2) is 6.61 Å². The summed E-state index contributed by atoms with van der Waals surface area (Å²) >= 11 is 5.84. The Morgan fingerprint density at radius 1 is 1.08 bits per heavy atom. The molecule has 0 atom stereocenters. The highest BCUT2D eigenvalue weighted by Gasteiger charge is 2.15. The van der Waals surface area contributed by atoms with Crippen LogP contribution in [0.1, 0.15) is 12.5 Å². The molecule has 0 aliphatic heterocycles. The van der Waals surface area contributed by atoms with Crippen molar-refractivity contribution in [1.29, 1.82) is 0 Å². The first-order chi connectivity index (χ1) is 12.4. The molecule has 0 aromatic heterocycles. The van der Waals surface area contributed by atoms with Gasteiger partial charge in [0.2, 0.25) is 5.91 Å². The normalized spacial score (nSPS) is 10.8. The number of anilines is 1. The first-order valence-electron chi connectivity index (χ1n) is 7.71. The summed E-state index contributed by atoms with van der Waals surface area (Å²) in [6.07, 6.45) is 1.47. The third-order valence-electron chi connectivity index (χ3n) is 3.08. The molecule has 26 heavy (non-hydrogen) atoms. The van der Waals surface area contributed by atoms with E-state index < -0.39 is 24.4 Å². The van der Waals surface area contributed by atoms with E-state index in [1.807, 2.05) is 6.07 Å². The highest BCUT2D eigenvalue weighted by Crippen LogP contribution is 2.14. The Labute approximate surface area is 155 Å². The molecular formula is C19H17ClN2O4. The number of hydrogen-bond donors (Lipinski definition) is 2. The SMILES string of the molecule is CC(=O)N/C(=C\c1ccccc1)C(=O)OCC(=O)Nc1cccc(Cl)c1. The van der Waals surface area contributed by atoms with Crippen molar-refractivity contribution in [1.82, 2.24) is 5.32 Å². The van der Waals surface area contributed by atoms with Gasteiger partial charge in [-0.3, -0.25) is 9.59 Å². The first-order valence-corrected chi connectivity index (χ1v) is 8.09. The average Bonchev–Trinajstić information content (AvgIpc) is 2.59. The van der Waals surface area contributed by atoms with Crippen molar-refractivity contribution in [3.8, 4) is 0 Å². The molecule has 0 spiro atoms. The molecule has 0 aliphatic carbocycles. The van der Waals surface area contributed by atoms with Crippen molar-refractivity contribution in [2.24, 2.45) is 0 Å². The first kappa shape index (κ1) is 19.2. The number of carbonyl (C=O) groups is 3. The largest absolute Gasteiger partial charge is 0.451 e. The maximum Gasteiger partial charge on any atom is 0.355 e. The Morgan fingerprint density at radius 2 is 1.81 bits per heavy atom. The molecule has 134 valence electrons. The number of carbonyl (C=O) groups excluding carboxylic acids is 3. The number of rotatable bonds is 6. The van der Waals surface area contributed by atoms with E-state index in [0.29, 0.717) is 16.3 Å². The van der Waals surface area contributed by atoms with E-state index in [1.54, 1.807) is 48.5 Å². The fourth-order valence-corrected chi connectivity index (χ4v) is 2.21. The Bertz CT molecular complexity index is 834. The van der Waals surface area contributed by atoms with Crippen LogP contribution in [0.3, 0.4) is 0 Å². The lowest BCUT2D eigenvalue weighted by Crippen LogP contribution is -2.28. The van der Waals surface area contributed by atoms with Gasteiger partial charge in [-0.1, -0.05) is 48.0 Å². The fraction of sp³-hybridized carbons (Fsp3) is 0.105. The summed E-state index contributed by atoms with van der Waals surface area (Å²) in [6.45, 7) is 0.773. The fourth-order valence-electron chi connectivity index (χ4n) is 2.02. The van der Waals surface area contributed by atoms with Crippen LogP contribution < -0.4 is 10.6 Å². The molecule has 2 amide bonds. The van der Waals surface area contributed by atoms with E-state index in [0.717, 1.165) is 0 Å². The second-order valence-corrected chi connectivity index (χ2v) is 5.72. The predicted molar refractivity (Wildman–Crippen MR) is 99.3 cm³/mol. The zero-order chi connectivity index (χ0) is 18.9. The lowest BCUT2D eigenvalue weighted by molar-refractivity contribution is -0.144. The van der Waals surface area contributed by atoms with Crippen molar-refractivity contribution >= 4 is 41.1 Å². The van der Waals surface area contributed by atoms with Crippen LogP contribution in [0, 0.1) is 0 Å². The van der Waals surface area contributed by atoms with Gasteiger partial charge in [0.05, 0.1) is 0 Å². The minimum Gasteiger partial charge on any atom is -0.451 e. The van der Waals surface area contributed by atoms with Crippen LogP contribution in [-0.4, -0.2) is 24.4 Å². The number of benzene rings is 2. The van der Waals surface area contributed by atoms with Crippen molar-refractivity contribution in [2.75, 3.05) is 11.9 Å². The highest BCUT2D eigenvalue weighted by molar-refractivity contribution is 6.30. The third kappa shape index (κ3) is 6.41. The molecule has 0 aliphatic rings. The quantitative estimate of drug-likeness (QED) is 0.603. The topological polar surface area (TPSA) is 84.5 Å². The summed E-state index contributed by atoms with van der Waals surface area (Å²) in [5.41, 5.74) is 1.14. The molecule has 0 radical (unpaired) electrons. The third-order valence-corrected chi connectivity index (χ3v) is 3.32. The molecule has 0 saturated heterocycles. The number of ether oxygens (including phenoxy) is 1. The predicted octanol–water partition coefficient (Wildman–Crippen LogP) is 3.00. The molecule has 0 bridgehead atoms. The van der Waals surface area contributed by atoms with Gasteiger partial charge >= 0.3 is 5.97 Å². The number of halogens is 1. The van der Waals surface area contributed by atoms with E-state index >= 15 is 0 Å². The summed E-state index contributed by atoms with van der Waals surface area (Å²) in [4.78, 5) is 35.4. The maximum absolute atomic E-state index is 12.2. The van der Waals surface area contributed by atoms with Crippen molar-refractivity contribution < 1.29 is 19.1 Å². The van der Waals surface area contributed by atoms with Crippen LogP contribution in [0.5, 0.6) is 0 Å². The zero-order valence-corrected chi connectivity index (χ0v) is 14.7. The zero-order valence-electron chi connectivity index (χ0n) is 14.0. The smallest absolute Gasteiger partial charge is 0.355 e. The molecule has 2 aromatic carbocycles. The van der Waals surface area contributed by atoms with Gasteiger partial charge in [0, 0.05) is 17.6 Å². The molecule has 7 heteroatoms. The minimum absolute atomic E-state index is 0.0562. The molecule has 0 heterocycles. The molecular weight excluding hydrogens is 356 g/mol. The summed E-state index contributed by atoms with van der Waals surface area (Å²) in [5.74, 6) is -1.76. The molecule has 0 saturated carbocycles. The highest BCUT2D eigenvalue weighted by atomic mass is 35.5. The number of hydrogen-bond acceptors (Lipinski definition) is 4. The van der Waals surface area contributed by atoms with Crippen LogP contribution >= 0.6 is 11.6 Å². The Kier molecular flexibility index (Phi) is 6.93. The molecule has 2 aromatic rings. The van der Waals surface area contributed by atoms with Gasteiger partial charge in [-0.15, -0.1) is 0 Å². The standard InChI is InChI=1S/C19H17ClN2O4/c1-13(23)21-17(10-14-6-3-2-4-7-14)19(25)26-12-18(24)22-16-9-5-8-15(20)11-16/h2-11H,12H2,1H3,(H,21,23)(H,22,24)/b17-10-. The van der Waals surface area contributed by atoms with Gasteiger partial charge in [0.1, 0.15) is 5.70 Å². The number of esters is 1. The van der Waals surface area contributed by atoms with Crippen LogP contribution in [0.25, 0.3) is 6.08 Å². The van der Waals surface area contributed by atoms with Crippen molar-refractivity contribution in [3.63, 3.8) is 0 Å². The molecule has 0 unspecified atom stereocenters. The number of nitrogens with one attached hydrogen (secondary N) is 2. The van der Waals surface area contributed by atoms with Crippen LogP contribution in [0.2, 0.25) is 5.02 Å². The summed E-state index contributed by atoms with van der Waals surface area (Å²) in [6, 6.07) is 15.5. The Morgan fingerprint density at radius 3 is 2.46 bits per heavy atom. The van der Waals surface area contributed by atoms with Gasteiger partial charge in [-0.05, 0) is 29.8 Å². The lowest BCUT2D eigenvalue weighted by atomic mass is 10.2. The second kappa shape index (κ2) is 9.39. The minimum atomic E-state index is -0.815. The maximum atomic E-state index is 12.2. The van der Waals surface area contributed by atoms with E-state index in [4.69, 9.17) is 16.3 Å². The summed E-state index contributed by atoms with van der Waals surface area (Å²) in [7, 11) is 0. The van der Waals surface area contributed by atoms with E-state index in [1.165, 1.54) is 13.0 Å². The van der Waals surface area contributed by atoms with Crippen molar-refractivity contribution in [3.05, 3.63) is 70.9 Å². The van der Waals surface area contributed by atoms with Crippen LogP contribution in [0.4, 0.5) is 5.69 Å². The summed E-state index contributed by atoms with van der Waals surface area (Å²) < 4.78 is 4.97. The van der Waals surface area contributed by atoms with Crippen LogP contribution in [0.15, 0.2) is 60.3 Å². The molecule has 2 rings (SSSR count). The van der Waals surface area contributed by atoms with Gasteiger partial charge in [-0.25, -0.2) is 4.79 Å². The Balaban J connectivity index is 1.99. The lowest BCUT2D eigenvalue weighted by Gasteiger charge is -2.10. The second-order valence-electron chi connectivity index (χ2n) is 5.28. The number of amides is 2. The van der Waals surface area contributed by atoms with Crippen molar-refractivity contribution in [2.45, 2.75) is 6.92 Å². The van der Waals surface area contributed by atoms with E-state index in [-0.39, 0.29) is 5.70 Å². The Hall–Kier alpha value is -3.12. The van der Waals surface area contributed by atoms with E-state index in [2.05, 4.69) is 10.6 Å². The van der Waals surface area contributed by atoms with Gasteiger partial charge in [-0.2, -0.15) is 0 Å². The molecule has 2 N–H and O–H groups in total. The van der Waals surface area contributed by atoms with Crippen LogP contribution in [-0.2, 0) is 19.1 Å². The van der Waals surface area contributed by atoms with Gasteiger partial charge < -0.3 is 15.4 Å². The molecule has 0 fully saturated rings. The summed E-state index contributed by atoms with van der Waals surface area (Å²) in [5, 5.41) is 5.44. The van der Waals surface area contributed by atoms with E-state index in [9.17, 15) is 14.4 Å². The van der Waals surface area contributed by atoms with Gasteiger partial charge in [0.25, 0.3) is 5.91 Å².